The largest absolute Gasteiger partial charge is 0.478 e. The lowest BCUT2D eigenvalue weighted by Gasteiger charge is -1.93. The summed E-state index contributed by atoms with van der Waals surface area (Å²) in [5.41, 5.74) is -0.320. The number of carboxylic acid groups (broad SMARTS) is 2. The molecule has 20 heavy (non-hydrogen) atoms. The molecule has 0 amide bonds. The first-order valence-electron chi connectivity index (χ1n) is 5.09. The first-order chi connectivity index (χ1) is 9.43. The molecule has 0 bridgehead atoms. The molecule has 0 aliphatic carbocycles. The molecule has 8 heteroatoms. The van der Waals surface area contributed by atoms with Crippen molar-refractivity contribution in [3.63, 3.8) is 0 Å². The van der Waals surface area contributed by atoms with E-state index in [4.69, 9.17) is 21.8 Å². The molecule has 0 unspecified atom stereocenters. The van der Waals surface area contributed by atoms with Crippen molar-refractivity contribution in [1.29, 1.82) is 0 Å². The first-order valence-corrected chi connectivity index (χ1v) is 5.47. The summed E-state index contributed by atoms with van der Waals surface area (Å²) in [7, 11) is 0. The van der Waals surface area contributed by atoms with Crippen molar-refractivity contribution in [3.05, 3.63) is 58.9 Å². The normalized spacial score (nSPS) is 9.30. The number of hydrogen-bond acceptors (Lipinski definition) is 4. The molecule has 0 radical (unpaired) electrons. The highest BCUT2D eigenvalue weighted by atomic mass is 35.5. The summed E-state index contributed by atoms with van der Waals surface area (Å²) in [5, 5.41) is 16.9. The average molecular weight is 299 g/mol. The molecule has 2 aromatic rings. The van der Waals surface area contributed by atoms with Crippen LogP contribution >= 0.6 is 11.6 Å². The van der Waals surface area contributed by atoms with Gasteiger partial charge in [0, 0.05) is 18.6 Å². The van der Waals surface area contributed by atoms with Crippen LogP contribution < -0.4 is 0 Å². The van der Waals surface area contributed by atoms with E-state index in [-0.39, 0.29) is 16.1 Å². The number of pyridine rings is 2. The van der Waals surface area contributed by atoms with Gasteiger partial charge in [0.2, 0.25) is 0 Å². The number of aromatic nitrogens is 2. The summed E-state index contributed by atoms with van der Waals surface area (Å²) in [6.07, 6.45) is 4.75. The van der Waals surface area contributed by atoms with E-state index >= 15 is 0 Å². The van der Waals surface area contributed by atoms with Gasteiger partial charge in [-0.05, 0) is 12.1 Å². The summed E-state index contributed by atoms with van der Waals surface area (Å²) in [6.45, 7) is 0. The van der Waals surface area contributed by atoms with Gasteiger partial charge in [0.05, 0.1) is 22.3 Å². The van der Waals surface area contributed by atoms with Crippen LogP contribution in [0.1, 0.15) is 20.7 Å². The SMILES string of the molecule is O=C(O)c1ccncc1F.O=C(O)c1cnccc1Cl. The van der Waals surface area contributed by atoms with Crippen LogP contribution in [0.3, 0.4) is 0 Å². The molecule has 0 aromatic carbocycles. The number of nitrogens with zero attached hydrogens (tertiary/aromatic N) is 2. The monoisotopic (exact) mass is 298 g/mol. The third-order valence-corrected chi connectivity index (χ3v) is 2.33. The number of aromatic carboxylic acids is 2. The van der Waals surface area contributed by atoms with E-state index in [1.54, 1.807) is 0 Å². The van der Waals surface area contributed by atoms with Gasteiger partial charge in [0.25, 0.3) is 0 Å². The zero-order valence-corrected chi connectivity index (χ0v) is 10.6. The van der Waals surface area contributed by atoms with Crippen molar-refractivity contribution < 1.29 is 24.2 Å². The number of halogens is 2. The predicted octanol–water partition coefficient (Wildman–Crippen LogP) is 2.35. The van der Waals surface area contributed by atoms with Gasteiger partial charge in [-0.15, -0.1) is 0 Å². The maximum atomic E-state index is 12.4. The van der Waals surface area contributed by atoms with Gasteiger partial charge in [-0.25, -0.2) is 14.0 Å². The van der Waals surface area contributed by atoms with E-state index in [2.05, 4.69) is 9.97 Å². The van der Waals surface area contributed by atoms with Crippen LogP contribution in [0.4, 0.5) is 4.39 Å². The second-order valence-electron chi connectivity index (χ2n) is 3.32. The standard InChI is InChI=1S/C6H4ClNO2.C6H4FNO2/c7-5-1-2-8-3-4(5)6(9)10;7-5-3-8-2-1-4(5)6(9)10/h2*1-3H,(H,9,10). The highest BCUT2D eigenvalue weighted by Crippen LogP contribution is 2.12. The van der Waals surface area contributed by atoms with E-state index in [1.807, 2.05) is 0 Å². The molecule has 0 atom stereocenters. The minimum Gasteiger partial charge on any atom is -0.478 e. The Hall–Kier alpha value is -2.54. The van der Waals surface area contributed by atoms with E-state index in [1.165, 1.54) is 24.7 Å². The second-order valence-corrected chi connectivity index (χ2v) is 3.73. The summed E-state index contributed by atoms with van der Waals surface area (Å²) < 4.78 is 12.4. The van der Waals surface area contributed by atoms with Crippen molar-refractivity contribution in [2.75, 3.05) is 0 Å². The lowest BCUT2D eigenvalue weighted by atomic mass is 10.3. The molecule has 2 aromatic heterocycles. The van der Waals surface area contributed by atoms with Gasteiger partial charge in [0.15, 0.2) is 5.82 Å². The summed E-state index contributed by atoms with van der Waals surface area (Å²) in [5.74, 6) is -3.15. The number of rotatable bonds is 2. The van der Waals surface area contributed by atoms with E-state index in [0.29, 0.717) is 0 Å². The topological polar surface area (TPSA) is 100 Å². The third-order valence-electron chi connectivity index (χ3n) is 2.00. The van der Waals surface area contributed by atoms with Gasteiger partial charge in [-0.1, -0.05) is 11.6 Å². The average Bonchev–Trinajstić information content (AvgIpc) is 2.40. The summed E-state index contributed by atoms with van der Waals surface area (Å²) in [6, 6.07) is 2.54. The molecule has 104 valence electrons. The molecule has 2 heterocycles. The Morgan fingerprint density at radius 3 is 1.95 bits per heavy atom. The molecule has 0 fully saturated rings. The smallest absolute Gasteiger partial charge is 0.338 e. The van der Waals surface area contributed by atoms with E-state index in [0.717, 1.165) is 12.3 Å². The summed E-state index contributed by atoms with van der Waals surface area (Å²) >= 11 is 5.50. The molecule has 0 spiro atoms. The Labute approximate surface area is 117 Å². The zero-order valence-electron chi connectivity index (χ0n) is 9.83. The minimum absolute atomic E-state index is 0.0316. The Bertz CT molecular complexity index is 581. The molecule has 0 saturated heterocycles. The number of hydrogen-bond donors (Lipinski definition) is 2. The van der Waals surface area contributed by atoms with Gasteiger partial charge in [-0.2, -0.15) is 0 Å². The first kappa shape index (κ1) is 15.5. The molecule has 2 N–H and O–H groups in total. The molecular formula is C12H8ClFN2O4. The van der Waals surface area contributed by atoms with Crippen LogP contribution in [0.15, 0.2) is 36.9 Å². The minimum atomic E-state index is -1.28. The highest BCUT2D eigenvalue weighted by Gasteiger charge is 2.07. The molecule has 0 saturated carbocycles. The van der Waals surface area contributed by atoms with Crippen LogP contribution in [-0.2, 0) is 0 Å². The highest BCUT2D eigenvalue weighted by molar-refractivity contribution is 6.33. The Morgan fingerprint density at radius 1 is 1.00 bits per heavy atom. The third kappa shape index (κ3) is 4.29. The van der Waals surface area contributed by atoms with Gasteiger partial charge >= 0.3 is 11.9 Å². The summed E-state index contributed by atoms with van der Waals surface area (Å²) in [4.78, 5) is 27.4. The van der Waals surface area contributed by atoms with Gasteiger partial charge in [0.1, 0.15) is 0 Å². The Balaban J connectivity index is 0.000000200. The Morgan fingerprint density at radius 2 is 1.55 bits per heavy atom. The molecule has 6 nitrogen and oxygen atoms in total. The quantitative estimate of drug-likeness (QED) is 0.882. The lowest BCUT2D eigenvalue weighted by Crippen LogP contribution is -1.99. The van der Waals surface area contributed by atoms with Crippen LogP contribution in [0, 0.1) is 5.82 Å². The maximum Gasteiger partial charge on any atom is 0.338 e. The molecular weight excluding hydrogens is 291 g/mol. The number of carboxylic acids is 2. The van der Waals surface area contributed by atoms with E-state index in [9.17, 15) is 14.0 Å². The maximum absolute atomic E-state index is 12.4. The zero-order chi connectivity index (χ0) is 15.1. The lowest BCUT2D eigenvalue weighted by molar-refractivity contribution is 0.0683. The van der Waals surface area contributed by atoms with Crippen molar-refractivity contribution in [2.24, 2.45) is 0 Å². The van der Waals surface area contributed by atoms with Crippen molar-refractivity contribution in [3.8, 4) is 0 Å². The fourth-order valence-electron chi connectivity index (χ4n) is 1.08. The molecule has 0 aliphatic heterocycles. The van der Waals surface area contributed by atoms with Crippen LogP contribution in [0.25, 0.3) is 0 Å². The van der Waals surface area contributed by atoms with Crippen molar-refractivity contribution >= 4 is 23.5 Å². The van der Waals surface area contributed by atoms with Crippen LogP contribution in [-0.4, -0.2) is 32.1 Å². The van der Waals surface area contributed by atoms with Gasteiger partial charge in [-0.3, -0.25) is 9.97 Å². The predicted molar refractivity (Wildman–Crippen MR) is 67.4 cm³/mol. The number of carbonyl (C=O) groups is 2. The van der Waals surface area contributed by atoms with Crippen molar-refractivity contribution in [2.45, 2.75) is 0 Å². The Kier molecular flexibility index (Phi) is 5.55. The van der Waals surface area contributed by atoms with E-state index < -0.39 is 17.8 Å². The fraction of sp³-hybridized carbons (Fsp3) is 0. The molecule has 0 aliphatic rings. The van der Waals surface area contributed by atoms with Gasteiger partial charge < -0.3 is 10.2 Å². The molecule has 2 rings (SSSR count). The second kappa shape index (κ2) is 7.15. The fourth-order valence-corrected chi connectivity index (χ4v) is 1.27. The van der Waals surface area contributed by atoms with Crippen LogP contribution in [0.2, 0.25) is 5.02 Å². The van der Waals surface area contributed by atoms with Crippen LogP contribution in [0.5, 0.6) is 0 Å². The van der Waals surface area contributed by atoms with Crippen molar-refractivity contribution in [1.82, 2.24) is 9.97 Å².